The third-order valence-corrected chi connectivity index (χ3v) is 3.55. The van der Waals surface area contributed by atoms with Gasteiger partial charge in [0.1, 0.15) is 5.60 Å². The molecule has 0 aliphatic carbocycles. The summed E-state index contributed by atoms with van der Waals surface area (Å²) in [6, 6.07) is 7.61. The SMILES string of the molecule is CC(C)CCNC(=O)CCCc1ccccc1NC(=O)OC(C)(C)C. The number of ether oxygens (including phenoxy) is 1. The maximum absolute atomic E-state index is 11.9. The number of amides is 2. The summed E-state index contributed by atoms with van der Waals surface area (Å²) in [6.07, 6.45) is 2.48. The molecule has 0 aromatic heterocycles. The number of nitrogens with one attached hydrogen (secondary N) is 2. The van der Waals surface area contributed by atoms with E-state index < -0.39 is 11.7 Å². The molecule has 0 saturated carbocycles. The van der Waals surface area contributed by atoms with Gasteiger partial charge in [0.25, 0.3) is 0 Å². The van der Waals surface area contributed by atoms with Gasteiger partial charge >= 0.3 is 6.09 Å². The average Bonchev–Trinajstić information content (AvgIpc) is 2.46. The molecule has 25 heavy (non-hydrogen) atoms. The summed E-state index contributed by atoms with van der Waals surface area (Å²) in [4.78, 5) is 23.8. The van der Waals surface area contributed by atoms with Gasteiger partial charge in [0, 0.05) is 18.7 Å². The summed E-state index contributed by atoms with van der Waals surface area (Å²) in [6.45, 7) is 10.5. The highest BCUT2D eigenvalue weighted by Crippen LogP contribution is 2.19. The van der Waals surface area contributed by atoms with E-state index in [1.54, 1.807) is 0 Å². The Labute approximate surface area is 151 Å². The molecule has 0 aliphatic heterocycles. The average molecular weight is 348 g/mol. The molecule has 0 saturated heterocycles. The first-order valence-electron chi connectivity index (χ1n) is 9.02. The Balaban J connectivity index is 2.46. The first kappa shape index (κ1) is 21.0. The van der Waals surface area contributed by atoms with Crippen LogP contribution in [0.2, 0.25) is 0 Å². The molecule has 0 heterocycles. The Morgan fingerprint density at radius 3 is 2.48 bits per heavy atom. The summed E-state index contributed by atoms with van der Waals surface area (Å²) in [5, 5.41) is 5.73. The van der Waals surface area contributed by atoms with Crippen molar-refractivity contribution in [1.29, 1.82) is 0 Å². The summed E-state index contributed by atoms with van der Waals surface area (Å²) in [5.74, 6) is 0.671. The largest absolute Gasteiger partial charge is 0.444 e. The molecule has 1 aromatic rings. The molecule has 0 fully saturated rings. The summed E-state index contributed by atoms with van der Waals surface area (Å²) in [5.41, 5.74) is 1.20. The zero-order valence-corrected chi connectivity index (χ0v) is 16.1. The van der Waals surface area contributed by atoms with Gasteiger partial charge in [-0.2, -0.15) is 0 Å². The van der Waals surface area contributed by atoms with Crippen molar-refractivity contribution >= 4 is 17.7 Å². The van der Waals surface area contributed by atoms with Crippen molar-refractivity contribution in [2.75, 3.05) is 11.9 Å². The number of carbonyl (C=O) groups is 2. The van der Waals surface area contributed by atoms with Gasteiger partial charge < -0.3 is 10.1 Å². The van der Waals surface area contributed by atoms with Crippen LogP contribution in [-0.4, -0.2) is 24.1 Å². The molecule has 5 nitrogen and oxygen atoms in total. The van der Waals surface area contributed by atoms with E-state index in [1.165, 1.54) is 0 Å². The Kier molecular flexibility index (Phi) is 8.46. The molecule has 0 spiro atoms. The predicted molar refractivity (Wildman–Crippen MR) is 102 cm³/mol. The van der Waals surface area contributed by atoms with Crippen LogP contribution in [0, 0.1) is 5.92 Å². The van der Waals surface area contributed by atoms with Crippen molar-refractivity contribution in [3.05, 3.63) is 29.8 Å². The molecule has 0 radical (unpaired) electrons. The van der Waals surface area contributed by atoms with Gasteiger partial charge in [-0.15, -0.1) is 0 Å². The molecular weight excluding hydrogens is 316 g/mol. The Morgan fingerprint density at radius 1 is 1.16 bits per heavy atom. The summed E-state index contributed by atoms with van der Waals surface area (Å²) in [7, 11) is 0. The van der Waals surface area contributed by atoms with E-state index >= 15 is 0 Å². The molecule has 5 heteroatoms. The number of hydrogen-bond donors (Lipinski definition) is 2. The molecular formula is C20H32N2O3. The van der Waals surface area contributed by atoms with E-state index in [0.717, 1.165) is 37.1 Å². The summed E-state index contributed by atoms with van der Waals surface area (Å²) < 4.78 is 5.29. The first-order valence-corrected chi connectivity index (χ1v) is 9.02. The Morgan fingerprint density at radius 2 is 1.84 bits per heavy atom. The minimum Gasteiger partial charge on any atom is -0.444 e. The van der Waals surface area contributed by atoms with Crippen LogP contribution in [0.25, 0.3) is 0 Å². The number of anilines is 1. The lowest BCUT2D eigenvalue weighted by molar-refractivity contribution is -0.121. The topological polar surface area (TPSA) is 67.4 Å². The Bertz CT molecular complexity index is 562. The zero-order valence-electron chi connectivity index (χ0n) is 16.1. The molecule has 0 bridgehead atoms. The van der Waals surface area contributed by atoms with Crippen LogP contribution in [0.5, 0.6) is 0 Å². The van der Waals surface area contributed by atoms with Crippen LogP contribution in [-0.2, 0) is 16.0 Å². The van der Waals surface area contributed by atoms with E-state index in [9.17, 15) is 9.59 Å². The van der Waals surface area contributed by atoms with Gasteiger partial charge in [0.05, 0.1) is 0 Å². The second-order valence-electron chi connectivity index (χ2n) is 7.67. The number of benzene rings is 1. The third-order valence-electron chi connectivity index (χ3n) is 3.55. The molecule has 0 atom stereocenters. The van der Waals surface area contributed by atoms with Crippen molar-refractivity contribution in [3.8, 4) is 0 Å². The van der Waals surface area contributed by atoms with E-state index in [-0.39, 0.29) is 5.91 Å². The monoisotopic (exact) mass is 348 g/mol. The highest BCUT2D eigenvalue weighted by Gasteiger charge is 2.17. The third kappa shape index (κ3) is 9.75. The molecule has 2 N–H and O–H groups in total. The van der Waals surface area contributed by atoms with Gasteiger partial charge in [-0.3, -0.25) is 10.1 Å². The minimum atomic E-state index is -0.535. The van der Waals surface area contributed by atoms with Crippen molar-refractivity contribution in [2.24, 2.45) is 5.92 Å². The number of aryl methyl sites for hydroxylation is 1. The second-order valence-corrected chi connectivity index (χ2v) is 7.67. The van der Waals surface area contributed by atoms with Crippen molar-refractivity contribution in [2.45, 2.75) is 65.9 Å². The van der Waals surface area contributed by atoms with Crippen LogP contribution in [0.3, 0.4) is 0 Å². The zero-order chi connectivity index (χ0) is 18.9. The predicted octanol–water partition coefficient (Wildman–Crippen LogP) is 4.52. The van der Waals surface area contributed by atoms with Crippen LogP contribution >= 0.6 is 0 Å². The quantitative estimate of drug-likeness (QED) is 0.726. The van der Waals surface area contributed by atoms with Gasteiger partial charge in [0.2, 0.25) is 5.91 Å². The fourth-order valence-electron chi connectivity index (χ4n) is 2.30. The lowest BCUT2D eigenvalue weighted by Gasteiger charge is -2.20. The lowest BCUT2D eigenvalue weighted by atomic mass is 10.1. The first-order chi connectivity index (χ1) is 11.7. The van der Waals surface area contributed by atoms with Crippen molar-refractivity contribution < 1.29 is 14.3 Å². The van der Waals surface area contributed by atoms with Gasteiger partial charge in [-0.05, 0) is 57.6 Å². The van der Waals surface area contributed by atoms with Crippen LogP contribution in [0.4, 0.5) is 10.5 Å². The standard InChI is InChI=1S/C20H32N2O3/c1-15(2)13-14-21-18(23)12-8-10-16-9-6-7-11-17(16)22-19(24)25-20(3,4)5/h6-7,9,11,15H,8,10,12-14H2,1-5H3,(H,21,23)(H,22,24). The number of rotatable bonds is 8. The van der Waals surface area contributed by atoms with Gasteiger partial charge in [-0.25, -0.2) is 4.79 Å². The van der Waals surface area contributed by atoms with Gasteiger partial charge in [-0.1, -0.05) is 32.0 Å². The molecule has 1 aromatic carbocycles. The van der Waals surface area contributed by atoms with Gasteiger partial charge in [0.15, 0.2) is 0 Å². The molecule has 0 aliphatic rings. The highest BCUT2D eigenvalue weighted by atomic mass is 16.6. The maximum Gasteiger partial charge on any atom is 0.412 e. The van der Waals surface area contributed by atoms with Crippen LogP contribution < -0.4 is 10.6 Å². The van der Waals surface area contributed by atoms with Crippen molar-refractivity contribution in [1.82, 2.24) is 5.32 Å². The molecule has 2 amide bonds. The smallest absolute Gasteiger partial charge is 0.412 e. The Hall–Kier alpha value is -2.04. The van der Waals surface area contributed by atoms with E-state index in [2.05, 4.69) is 24.5 Å². The summed E-state index contributed by atoms with van der Waals surface area (Å²) >= 11 is 0. The van der Waals surface area contributed by atoms with Crippen LogP contribution in [0.15, 0.2) is 24.3 Å². The fourth-order valence-corrected chi connectivity index (χ4v) is 2.30. The number of carbonyl (C=O) groups excluding carboxylic acids is 2. The molecule has 1 rings (SSSR count). The van der Waals surface area contributed by atoms with Crippen molar-refractivity contribution in [3.63, 3.8) is 0 Å². The van der Waals surface area contributed by atoms with E-state index in [0.29, 0.717) is 12.3 Å². The number of hydrogen-bond acceptors (Lipinski definition) is 3. The number of para-hydroxylation sites is 1. The van der Waals surface area contributed by atoms with Crippen LogP contribution in [0.1, 0.15) is 59.4 Å². The molecule has 140 valence electrons. The van der Waals surface area contributed by atoms with E-state index in [1.807, 2.05) is 45.0 Å². The second kappa shape index (κ2) is 10.1. The normalized spacial score (nSPS) is 11.3. The fraction of sp³-hybridized carbons (Fsp3) is 0.600. The lowest BCUT2D eigenvalue weighted by Crippen LogP contribution is -2.27. The minimum absolute atomic E-state index is 0.0817. The highest BCUT2D eigenvalue weighted by molar-refractivity contribution is 5.86. The van der Waals surface area contributed by atoms with E-state index in [4.69, 9.17) is 4.74 Å². The molecule has 0 unspecified atom stereocenters. The maximum atomic E-state index is 11.9.